The SMILES string of the molecule is CC(C(=O)Nc1cc(-c2cccc3cnn(C)c23)c(Cl)c(C#C[Si](C(C)C)(C(C)C)C(C)C)n1)N(C)O. The number of hydrogen-bond acceptors (Lipinski definition) is 5. The fraction of sp³-hybridized carbons (Fsp3) is 0.464. The van der Waals surface area contributed by atoms with E-state index in [0.29, 0.717) is 38.7 Å². The number of para-hydroxylation sites is 1. The van der Waals surface area contributed by atoms with Crippen molar-refractivity contribution in [3.8, 4) is 22.6 Å². The Bertz CT molecular complexity index is 1330. The van der Waals surface area contributed by atoms with E-state index in [-0.39, 0.29) is 0 Å². The summed E-state index contributed by atoms with van der Waals surface area (Å²) in [7, 11) is 1.26. The van der Waals surface area contributed by atoms with E-state index in [2.05, 4.69) is 68.4 Å². The number of likely N-dealkylation sites (N-methyl/N-ethyl adjacent to an activating group) is 1. The van der Waals surface area contributed by atoms with Crippen LogP contribution in [0.25, 0.3) is 22.0 Å². The average Bonchev–Trinajstić information content (AvgIpc) is 3.20. The molecule has 2 aromatic heterocycles. The number of amides is 1. The van der Waals surface area contributed by atoms with Crippen LogP contribution in [0.1, 0.15) is 54.2 Å². The number of nitrogens with one attached hydrogen (secondary N) is 1. The van der Waals surface area contributed by atoms with Gasteiger partial charge in [-0.15, -0.1) is 5.54 Å². The van der Waals surface area contributed by atoms with Crippen LogP contribution in [-0.2, 0) is 11.8 Å². The Morgan fingerprint density at radius 1 is 1.11 bits per heavy atom. The Hall–Kier alpha value is -2.70. The van der Waals surface area contributed by atoms with Crippen molar-refractivity contribution >= 4 is 42.3 Å². The molecule has 1 atom stereocenters. The molecule has 1 amide bonds. The minimum absolute atomic E-state index is 0.326. The van der Waals surface area contributed by atoms with E-state index in [0.717, 1.165) is 21.5 Å². The molecule has 0 fully saturated rings. The summed E-state index contributed by atoms with van der Waals surface area (Å²) in [6, 6.07) is 6.93. The van der Waals surface area contributed by atoms with Crippen LogP contribution < -0.4 is 5.32 Å². The van der Waals surface area contributed by atoms with Gasteiger partial charge in [0, 0.05) is 30.6 Å². The van der Waals surface area contributed by atoms with Crippen LogP contribution in [0.3, 0.4) is 0 Å². The number of hydroxylamine groups is 2. The Kier molecular flexibility index (Phi) is 8.86. The molecule has 0 aliphatic carbocycles. The van der Waals surface area contributed by atoms with Gasteiger partial charge in [0.25, 0.3) is 0 Å². The van der Waals surface area contributed by atoms with Crippen LogP contribution in [0.15, 0.2) is 30.5 Å². The highest BCUT2D eigenvalue weighted by atomic mass is 35.5. The molecule has 37 heavy (non-hydrogen) atoms. The van der Waals surface area contributed by atoms with Gasteiger partial charge >= 0.3 is 0 Å². The first-order chi connectivity index (χ1) is 17.3. The van der Waals surface area contributed by atoms with Crippen molar-refractivity contribution in [2.45, 2.75) is 71.1 Å². The predicted octanol–water partition coefficient (Wildman–Crippen LogP) is 6.51. The van der Waals surface area contributed by atoms with Crippen LogP contribution in [0.5, 0.6) is 0 Å². The quantitative estimate of drug-likeness (QED) is 0.203. The van der Waals surface area contributed by atoms with Gasteiger partial charge in [-0.05, 0) is 29.6 Å². The minimum Gasteiger partial charge on any atom is -0.314 e. The molecule has 0 saturated carbocycles. The van der Waals surface area contributed by atoms with Crippen molar-refractivity contribution in [1.29, 1.82) is 0 Å². The zero-order chi connectivity index (χ0) is 27.7. The van der Waals surface area contributed by atoms with Crippen LogP contribution in [0.4, 0.5) is 5.82 Å². The summed E-state index contributed by atoms with van der Waals surface area (Å²) in [5.74, 6) is 3.30. The van der Waals surface area contributed by atoms with E-state index in [9.17, 15) is 10.0 Å². The molecule has 198 valence electrons. The lowest BCUT2D eigenvalue weighted by Crippen LogP contribution is -2.43. The smallest absolute Gasteiger partial charge is 0.244 e. The predicted molar refractivity (Wildman–Crippen MR) is 155 cm³/mol. The van der Waals surface area contributed by atoms with Crippen molar-refractivity contribution in [2.24, 2.45) is 7.05 Å². The average molecular weight is 540 g/mol. The number of rotatable bonds is 7. The second-order valence-corrected chi connectivity index (χ2v) is 16.6. The zero-order valence-corrected chi connectivity index (χ0v) is 25.0. The fourth-order valence-electron chi connectivity index (χ4n) is 5.32. The van der Waals surface area contributed by atoms with Gasteiger partial charge in [0.1, 0.15) is 25.6 Å². The maximum Gasteiger partial charge on any atom is 0.244 e. The van der Waals surface area contributed by atoms with Gasteiger partial charge < -0.3 is 10.5 Å². The molecule has 1 unspecified atom stereocenters. The fourth-order valence-corrected chi connectivity index (χ4v) is 10.8. The summed E-state index contributed by atoms with van der Waals surface area (Å²) >= 11 is 7.01. The highest BCUT2D eigenvalue weighted by molar-refractivity contribution is 6.90. The first-order valence-corrected chi connectivity index (χ1v) is 15.3. The number of nitrogens with zero attached hydrogens (tertiary/aromatic N) is 4. The molecule has 0 saturated heterocycles. The Balaban J connectivity index is 2.28. The number of hydrogen-bond donors (Lipinski definition) is 2. The van der Waals surface area contributed by atoms with E-state index in [4.69, 9.17) is 11.6 Å². The van der Waals surface area contributed by atoms with Gasteiger partial charge in [0.05, 0.1) is 16.7 Å². The summed E-state index contributed by atoms with van der Waals surface area (Å²) in [4.78, 5) is 17.5. The third-order valence-corrected chi connectivity index (χ3v) is 14.1. The van der Waals surface area contributed by atoms with Crippen LogP contribution in [0, 0.1) is 11.5 Å². The highest BCUT2D eigenvalue weighted by Crippen LogP contribution is 2.41. The molecule has 2 N–H and O–H groups in total. The van der Waals surface area contributed by atoms with Gasteiger partial charge in [-0.2, -0.15) is 10.2 Å². The number of carbonyl (C=O) groups excluding carboxylic acids is 1. The second kappa shape index (κ2) is 11.4. The first kappa shape index (κ1) is 28.9. The maximum absolute atomic E-state index is 12.8. The molecule has 1 aromatic carbocycles. The molecule has 3 aromatic rings. The number of fused-ring (bicyclic) bond motifs is 1. The summed E-state index contributed by atoms with van der Waals surface area (Å²) in [6.07, 6.45) is 1.81. The Labute approximate surface area is 226 Å². The molecule has 0 spiro atoms. The van der Waals surface area contributed by atoms with Crippen molar-refractivity contribution < 1.29 is 10.0 Å². The lowest BCUT2D eigenvalue weighted by molar-refractivity contribution is -0.139. The molecule has 7 nitrogen and oxygen atoms in total. The molecule has 3 rings (SSSR count). The number of aromatic nitrogens is 3. The number of benzene rings is 1. The molecular weight excluding hydrogens is 502 g/mol. The van der Waals surface area contributed by atoms with E-state index in [1.165, 1.54) is 7.05 Å². The molecular formula is C28H38ClN5O2Si. The molecule has 0 bridgehead atoms. The van der Waals surface area contributed by atoms with Crippen LogP contribution in [0.2, 0.25) is 21.6 Å². The van der Waals surface area contributed by atoms with Gasteiger partial charge in [-0.1, -0.05) is 77.3 Å². The maximum atomic E-state index is 12.8. The Morgan fingerprint density at radius 3 is 2.30 bits per heavy atom. The van der Waals surface area contributed by atoms with Crippen LogP contribution in [-0.4, -0.2) is 52.1 Å². The molecule has 9 heteroatoms. The number of halogens is 1. The standard InChI is InChI=1S/C28H38ClN5O2Si/c1-17(2)37(18(3)4,19(5)6)14-13-24-26(29)23(15-25(31-24)32-28(35)20(7)34(9)36)22-12-10-11-21-16-30-33(8)27(21)22/h10-12,15-20,36H,1-9H3,(H,31,32,35). The summed E-state index contributed by atoms with van der Waals surface area (Å²) in [6.45, 7) is 15.2. The van der Waals surface area contributed by atoms with E-state index in [1.807, 2.05) is 36.1 Å². The molecule has 2 heterocycles. The topological polar surface area (TPSA) is 83.3 Å². The molecule has 0 aliphatic rings. The molecule has 0 radical (unpaired) electrons. The van der Waals surface area contributed by atoms with Gasteiger partial charge in [0.15, 0.2) is 0 Å². The Morgan fingerprint density at radius 2 is 1.73 bits per heavy atom. The largest absolute Gasteiger partial charge is 0.314 e. The monoisotopic (exact) mass is 539 g/mol. The lowest BCUT2D eigenvalue weighted by Gasteiger charge is -2.38. The van der Waals surface area contributed by atoms with Crippen LogP contribution >= 0.6 is 11.6 Å². The molecule has 0 aliphatic heterocycles. The summed E-state index contributed by atoms with van der Waals surface area (Å²) in [5.41, 5.74) is 7.97. The van der Waals surface area contributed by atoms with Crippen molar-refractivity contribution in [1.82, 2.24) is 19.8 Å². The number of pyridine rings is 1. The number of carbonyl (C=O) groups is 1. The summed E-state index contributed by atoms with van der Waals surface area (Å²) in [5, 5.41) is 19.3. The van der Waals surface area contributed by atoms with Gasteiger partial charge in [-0.3, -0.25) is 9.48 Å². The third-order valence-electron chi connectivity index (χ3n) is 7.46. The van der Waals surface area contributed by atoms with Gasteiger partial charge in [-0.25, -0.2) is 4.98 Å². The van der Waals surface area contributed by atoms with E-state index in [1.54, 1.807) is 13.0 Å². The van der Waals surface area contributed by atoms with Crippen molar-refractivity contribution in [3.05, 3.63) is 41.2 Å². The third kappa shape index (κ3) is 5.60. The highest BCUT2D eigenvalue weighted by Gasteiger charge is 2.41. The van der Waals surface area contributed by atoms with E-state index < -0.39 is 20.0 Å². The van der Waals surface area contributed by atoms with Crippen molar-refractivity contribution in [2.75, 3.05) is 12.4 Å². The minimum atomic E-state index is -2.05. The summed E-state index contributed by atoms with van der Waals surface area (Å²) < 4.78 is 1.81. The normalized spacial score (nSPS) is 12.9. The first-order valence-electron chi connectivity index (χ1n) is 12.7. The number of anilines is 1. The zero-order valence-electron chi connectivity index (χ0n) is 23.2. The number of aryl methyl sites for hydroxylation is 1. The second-order valence-electron chi connectivity index (χ2n) is 10.6. The van der Waals surface area contributed by atoms with Crippen molar-refractivity contribution in [3.63, 3.8) is 0 Å². The van der Waals surface area contributed by atoms with E-state index >= 15 is 0 Å². The van der Waals surface area contributed by atoms with Gasteiger partial charge in [0.2, 0.25) is 5.91 Å². The lowest BCUT2D eigenvalue weighted by atomic mass is 10.0.